The highest BCUT2D eigenvalue weighted by Gasteiger charge is 2.28. The van der Waals surface area contributed by atoms with Gasteiger partial charge in [0.2, 0.25) is 5.82 Å². The minimum absolute atomic E-state index is 0.0308. The Morgan fingerprint density at radius 2 is 2.10 bits per heavy atom. The van der Waals surface area contributed by atoms with Gasteiger partial charge < -0.3 is 25.6 Å². The van der Waals surface area contributed by atoms with E-state index in [9.17, 15) is 18.4 Å². The molecule has 1 fully saturated rings. The molecule has 0 unspecified atom stereocenters. The van der Waals surface area contributed by atoms with Crippen molar-refractivity contribution in [1.82, 2.24) is 4.98 Å². The molecule has 0 spiro atoms. The number of nitrogens with two attached hydrogens (primary N) is 1. The number of halogens is 2. The first-order valence-electron chi connectivity index (χ1n) is 9.71. The number of rotatable bonds is 7. The highest BCUT2D eigenvalue weighted by atomic mass is 19.2. The highest BCUT2D eigenvalue weighted by Crippen LogP contribution is 2.21. The Morgan fingerprint density at radius 1 is 1.32 bits per heavy atom. The lowest BCUT2D eigenvalue weighted by molar-refractivity contribution is -0.126. The summed E-state index contributed by atoms with van der Waals surface area (Å²) in [5.41, 5.74) is 5.73. The number of benzene rings is 1. The van der Waals surface area contributed by atoms with Gasteiger partial charge in [-0.25, -0.2) is 4.39 Å². The second-order valence-electron chi connectivity index (χ2n) is 6.77. The van der Waals surface area contributed by atoms with Crippen LogP contribution in [-0.2, 0) is 9.53 Å². The normalized spacial score (nSPS) is 17.4. The largest absolute Gasteiger partial charge is 0.490 e. The minimum atomic E-state index is -0.986. The van der Waals surface area contributed by atoms with Gasteiger partial charge in [-0.3, -0.25) is 14.6 Å². The van der Waals surface area contributed by atoms with Crippen molar-refractivity contribution in [3.8, 4) is 5.75 Å². The van der Waals surface area contributed by atoms with Gasteiger partial charge in [-0.2, -0.15) is 4.39 Å². The van der Waals surface area contributed by atoms with Crippen molar-refractivity contribution in [3.63, 3.8) is 0 Å². The number of ether oxygens (including phenoxy) is 2. The predicted molar refractivity (Wildman–Crippen MR) is 109 cm³/mol. The van der Waals surface area contributed by atoms with E-state index in [1.54, 1.807) is 6.07 Å². The van der Waals surface area contributed by atoms with Crippen LogP contribution in [0.25, 0.3) is 0 Å². The van der Waals surface area contributed by atoms with Crippen molar-refractivity contribution in [2.45, 2.75) is 38.4 Å². The molecule has 8 nitrogen and oxygen atoms in total. The van der Waals surface area contributed by atoms with Gasteiger partial charge in [-0.05, 0) is 44.0 Å². The zero-order valence-corrected chi connectivity index (χ0v) is 17.0. The van der Waals surface area contributed by atoms with Crippen LogP contribution in [0.4, 0.5) is 14.5 Å². The molecule has 0 aliphatic carbocycles. The molecule has 1 aromatic heterocycles. The summed E-state index contributed by atoms with van der Waals surface area (Å²) in [5, 5.41) is 11.1. The van der Waals surface area contributed by atoms with E-state index in [1.165, 1.54) is 24.4 Å². The Bertz CT molecular complexity index is 897. The van der Waals surface area contributed by atoms with Gasteiger partial charge in [0.25, 0.3) is 11.8 Å². The predicted octanol–water partition coefficient (Wildman–Crippen LogP) is 2.41. The SMILES string of the molecule is C[C@@H]1CC[C@H](C(=O)Nc2ccnc(C(N)=O)c2)O1.OCCCOc1cccc(F)c1F. The lowest BCUT2D eigenvalue weighted by Gasteiger charge is -2.11. The average Bonchev–Trinajstić information content (AvgIpc) is 3.18. The van der Waals surface area contributed by atoms with Crippen LogP contribution >= 0.6 is 0 Å². The molecule has 1 aliphatic rings. The van der Waals surface area contributed by atoms with Gasteiger partial charge >= 0.3 is 0 Å². The summed E-state index contributed by atoms with van der Waals surface area (Å²) in [6.45, 7) is 2.08. The van der Waals surface area contributed by atoms with E-state index in [0.717, 1.165) is 12.5 Å². The van der Waals surface area contributed by atoms with E-state index in [-0.39, 0.29) is 36.7 Å². The number of aromatic nitrogens is 1. The topological polar surface area (TPSA) is 124 Å². The van der Waals surface area contributed by atoms with Crippen LogP contribution in [-0.4, -0.2) is 47.3 Å². The molecule has 0 bridgehead atoms. The highest BCUT2D eigenvalue weighted by molar-refractivity contribution is 5.96. The van der Waals surface area contributed by atoms with Crippen molar-refractivity contribution < 1.29 is 33.0 Å². The first-order chi connectivity index (χ1) is 14.8. The fourth-order valence-electron chi connectivity index (χ4n) is 2.70. The monoisotopic (exact) mass is 437 g/mol. The third kappa shape index (κ3) is 7.58. The van der Waals surface area contributed by atoms with Gasteiger partial charge in [0, 0.05) is 24.9 Å². The summed E-state index contributed by atoms with van der Waals surface area (Å²) >= 11 is 0. The molecule has 0 radical (unpaired) electrons. The van der Waals surface area contributed by atoms with Gasteiger partial charge in [-0.1, -0.05) is 6.07 Å². The van der Waals surface area contributed by atoms with Gasteiger partial charge in [0.05, 0.1) is 12.7 Å². The zero-order chi connectivity index (χ0) is 22.8. The van der Waals surface area contributed by atoms with Crippen LogP contribution in [0.2, 0.25) is 0 Å². The molecule has 0 saturated carbocycles. The maximum Gasteiger partial charge on any atom is 0.267 e. The number of aliphatic hydroxyl groups excluding tert-OH is 1. The van der Waals surface area contributed by atoms with E-state index >= 15 is 0 Å². The van der Waals surface area contributed by atoms with E-state index in [4.69, 9.17) is 20.3 Å². The molecule has 168 valence electrons. The molecule has 2 heterocycles. The Morgan fingerprint density at radius 3 is 2.74 bits per heavy atom. The number of primary amides is 1. The van der Waals surface area contributed by atoms with Crippen LogP contribution in [0.3, 0.4) is 0 Å². The molecular weight excluding hydrogens is 412 g/mol. The fourth-order valence-corrected chi connectivity index (χ4v) is 2.70. The van der Waals surface area contributed by atoms with Crippen LogP contribution in [0.1, 0.15) is 36.7 Å². The number of pyridine rings is 1. The molecule has 1 saturated heterocycles. The number of hydrogen-bond acceptors (Lipinski definition) is 6. The molecule has 2 atom stereocenters. The van der Waals surface area contributed by atoms with Crippen LogP contribution < -0.4 is 15.8 Å². The summed E-state index contributed by atoms with van der Waals surface area (Å²) in [4.78, 5) is 26.6. The molecule has 2 aromatic rings. The molecule has 10 heteroatoms. The van der Waals surface area contributed by atoms with Crippen LogP contribution in [0.5, 0.6) is 5.75 Å². The fraction of sp³-hybridized carbons (Fsp3) is 0.381. The molecule has 1 aliphatic heterocycles. The first kappa shape index (κ1) is 24.2. The number of amides is 2. The van der Waals surface area contributed by atoms with Gasteiger partial charge in [0.1, 0.15) is 11.8 Å². The number of carbonyl (C=O) groups excluding carboxylic acids is 2. The second kappa shape index (κ2) is 11.9. The van der Waals surface area contributed by atoms with Crippen LogP contribution in [0.15, 0.2) is 36.5 Å². The van der Waals surface area contributed by atoms with Crippen molar-refractivity contribution in [2.24, 2.45) is 5.73 Å². The quantitative estimate of drug-likeness (QED) is 0.572. The molecule has 4 N–H and O–H groups in total. The number of nitrogens with zero attached hydrogens (tertiary/aromatic N) is 1. The maximum absolute atomic E-state index is 12.9. The van der Waals surface area contributed by atoms with Crippen molar-refractivity contribution >= 4 is 17.5 Å². The minimum Gasteiger partial charge on any atom is -0.490 e. The smallest absolute Gasteiger partial charge is 0.267 e. The van der Waals surface area contributed by atoms with Crippen LogP contribution in [0, 0.1) is 11.6 Å². The molecule has 3 rings (SSSR count). The number of aliphatic hydroxyl groups is 1. The van der Waals surface area contributed by atoms with E-state index in [1.807, 2.05) is 6.92 Å². The van der Waals surface area contributed by atoms with Gasteiger partial charge in [0.15, 0.2) is 11.6 Å². The Kier molecular flexibility index (Phi) is 9.29. The van der Waals surface area contributed by atoms with E-state index < -0.39 is 23.6 Å². The third-order valence-electron chi connectivity index (χ3n) is 4.28. The molecular formula is C21H25F2N3O5. The van der Waals surface area contributed by atoms with E-state index in [0.29, 0.717) is 18.5 Å². The van der Waals surface area contributed by atoms with Gasteiger partial charge in [-0.15, -0.1) is 0 Å². The summed E-state index contributed by atoms with van der Waals surface area (Å²) in [6.07, 6.45) is 3.09. The molecule has 1 aromatic carbocycles. The Hall–Kier alpha value is -3.11. The molecule has 31 heavy (non-hydrogen) atoms. The number of nitrogens with one attached hydrogen (secondary N) is 1. The lowest BCUT2D eigenvalue weighted by Crippen LogP contribution is -2.28. The first-order valence-corrected chi connectivity index (χ1v) is 9.71. The van der Waals surface area contributed by atoms with Crippen molar-refractivity contribution in [2.75, 3.05) is 18.5 Å². The maximum atomic E-state index is 12.9. The summed E-state index contributed by atoms with van der Waals surface area (Å²) < 4.78 is 35.8. The number of anilines is 1. The summed E-state index contributed by atoms with van der Waals surface area (Å²) in [7, 11) is 0. The molecule has 2 amide bonds. The average molecular weight is 437 g/mol. The lowest BCUT2D eigenvalue weighted by atomic mass is 10.2. The van der Waals surface area contributed by atoms with Crippen molar-refractivity contribution in [3.05, 3.63) is 53.9 Å². The van der Waals surface area contributed by atoms with Crippen molar-refractivity contribution in [1.29, 1.82) is 0 Å². The summed E-state index contributed by atoms with van der Waals surface area (Å²) in [5.74, 6) is -2.87. The Balaban J connectivity index is 0.000000233. The zero-order valence-electron chi connectivity index (χ0n) is 17.0. The third-order valence-corrected chi connectivity index (χ3v) is 4.28. The van der Waals surface area contributed by atoms with E-state index in [2.05, 4.69) is 10.3 Å². The Labute approximate surface area is 178 Å². The number of carbonyl (C=O) groups is 2. The summed E-state index contributed by atoms with van der Waals surface area (Å²) in [6, 6.07) is 6.78. The second-order valence-corrected chi connectivity index (χ2v) is 6.77. The standard InChI is InChI=1S/C12H15N3O3.C9H10F2O2/c1-7-2-3-10(18-7)12(17)15-8-4-5-14-9(6-8)11(13)16;10-7-3-1-4-8(9(7)11)13-6-2-5-12/h4-7,10H,2-3H2,1H3,(H2,13,16)(H,14,15,17);1,3-4,12H,2,5-6H2/t7-,10-;/m1./s1. The number of hydrogen-bond donors (Lipinski definition) is 3.